The van der Waals surface area contributed by atoms with E-state index >= 15 is 0 Å². The SMILES string of the molecule is CCOC(=O)c1cnn(-c2cccc(NC(=O)N3CCC[C@@H]3c3ccsc3)c2)c1C. The van der Waals surface area contributed by atoms with Gasteiger partial charge in [0.05, 0.1) is 30.2 Å². The number of likely N-dealkylation sites (tertiary alicyclic amines) is 1. The van der Waals surface area contributed by atoms with E-state index in [1.54, 1.807) is 22.9 Å². The Hall–Kier alpha value is -3.13. The monoisotopic (exact) mass is 424 g/mol. The molecule has 0 bridgehead atoms. The van der Waals surface area contributed by atoms with Crippen LogP contribution in [-0.4, -0.2) is 39.8 Å². The predicted molar refractivity (Wildman–Crippen MR) is 116 cm³/mol. The van der Waals surface area contributed by atoms with Crippen molar-refractivity contribution >= 4 is 29.0 Å². The molecule has 1 N–H and O–H groups in total. The Morgan fingerprint density at radius 3 is 2.97 bits per heavy atom. The zero-order valence-electron chi connectivity index (χ0n) is 17.0. The molecule has 1 atom stereocenters. The van der Waals surface area contributed by atoms with Crippen LogP contribution in [0, 0.1) is 6.92 Å². The number of benzene rings is 1. The lowest BCUT2D eigenvalue weighted by atomic mass is 10.1. The highest BCUT2D eigenvalue weighted by molar-refractivity contribution is 7.08. The third-order valence-electron chi connectivity index (χ3n) is 5.29. The molecule has 3 heterocycles. The first-order valence-electron chi connectivity index (χ1n) is 10.0. The van der Waals surface area contributed by atoms with Crippen molar-refractivity contribution < 1.29 is 14.3 Å². The lowest BCUT2D eigenvalue weighted by Crippen LogP contribution is -2.34. The molecule has 0 unspecified atom stereocenters. The molecule has 7 nitrogen and oxygen atoms in total. The fourth-order valence-corrected chi connectivity index (χ4v) is 4.52. The van der Waals surface area contributed by atoms with Gasteiger partial charge in [-0.1, -0.05) is 6.07 Å². The Bertz CT molecular complexity index is 1040. The van der Waals surface area contributed by atoms with Gasteiger partial charge in [0.15, 0.2) is 0 Å². The van der Waals surface area contributed by atoms with Crippen molar-refractivity contribution in [3.05, 3.63) is 64.1 Å². The van der Waals surface area contributed by atoms with Gasteiger partial charge in [0.1, 0.15) is 5.56 Å². The molecule has 0 aliphatic carbocycles. The summed E-state index contributed by atoms with van der Waals surface area (Å²) in [7, 11) is 0. The van der Waals surface area contributed by atoms with E-state index < -0.39 is 0 Å². The number of aromatic nitrogens is 2. The van der Waals surface area contributed by atoms with E-state index in [2.05, 4.69) is 21.9 Å². The quantitative estimate of drug-likeness (QED) is 0.598. The first-order chi connectivity index (χ1) is 14.6. The Morgan fingerprint density at radius 2 is 2.20 bits per heavy atom. The average molecular weight is 425 g/mol. The van der Waals surface area contributed by atoms with Crippen LogP contribution >= 0.6 is 11.3 Å². The second kappa shape index (κ2) is 8.71. The number of amides is 2. The number of carbonyl (C=O) groups excluding carboxylic acids is 2. The minimum Gasteiger partial charge on any atom is -0.462 e. The van der Waals surface area contributed by atoms with Crippen LogP contribution < -0.4 is 5.32 Å². The number of thiophene rings is 1. The maximum atomic E-state index is 12.9. The third-order valence-corrected chi connectivity index (χ3v) is 5.99. The number of esters is 1. The van der Waals surface area contributed by atoms with Gasteiger partial charge in [-0.25, -0.2) is 14.3 Å². The highest BCUT2D eigenvalue weighted by Crippen LogP contribution is 2.33. The van der Waals surface area contributed by atoms with Crippen LogP contribution in [-0.2, 0) is 4.74 Å². The van der Waals surface area contributed by atoms with Gasteiger partial charge in [0.25, 0.3) is 0 Å². The first kappa shape index (κ1) is 20.2. The van der Waals surface area contributed by atoms with Gasteiger partial charge >= 0.3 is 12.0 Å². The molecule has 4 rings (SSSR count). The van der Waals surface area contributed by atoms with E-state index in [9.17, 15) is 9.59 Å². The van der Waals surface area contributed by atoms with Crippen molar-refractivity contribution in [3.63, 3.8) is 0 Å². The lowest BCUT2D eigenvalue weighted by molar-refractivity contribution is 0.0525. The largest absolute Gasteiger partial charge is 0.462 e. The fraction of sp³-hybridized carbons (Fsp3) is 0.318. The summed E-state index contributed by atoms with van der Waals surface area (Å²) in [5.74, 6) is -0.390. The first-order valence-corrected chi connectivity index (χ1v) is 10.9. The molecule has 0 saturated carbocycles. The lowest BCUT2D eigenvalue weighted by Gasteiger charge is -2.24. The topological polar surface area (TPSA) is 76.5 Å². The van der Waals surface area contributed by atoms with Gasteiger partial charge < -0.3 is 15.0 Å². The van der Waals surface area contributed by atoms with Crippen LogP contribution in [0.5, 0.6) is 0 Å². The smallest absolute Gasteiger partial charge is 0.341 e. The van der Waals surface area contributed by atoms with Gasteiger partial charge in [-0.3, -0.25) is 0 Å². The Morgan fingerprint density at radius 1 is 1.33 bits per heavy atom. The van der Waals surface area contributed by atoms with Crippen LogP contribution in [0.15, 0.2) is 47.3 Å². The zero-order chi connectivity index (χ0) is 21.1. The maximum Gasteiger partial charge on any atom is 0.341 e. The number of nitrogens with zero attached hydrogens (tertiary/aromatic N) is 3. The summed E-state index contributed by atoms with van der Waals surface area (Å²) in [6, 6.07) is 9.55. The number of rotatable bonds is 5. The van der Waals surface area contributed by atoms with E-state index in [0.29, 0.717) is 23.6 Å². The summed E-state index contributed by atoms with van der Waals surface area (Å²) in [6.45, 7) is 4.65. The minimum absolute atomic E-state index is 0.106. The van der Waals surface area contributed by atoms with Crippen molar-refractivity contribution in [2.75, 3.05) is 18.5 Å². The molecule has 1 aliphatic heterocycles. The van der Waals surface area contributed by atoms with Gasteiger partial charge in [0, 0.05) is 12.2 Å². The van der Waals surface area contributed by atoms with E-state index in [1.807, 2.05) is 41.5 Å². The minimum atomic E-state index is -0.390. The van der Waals surface area contributed by atoms with Crippen molar-refractivity contribution in [1.82, 2.24) is 14.7 Å². The number of ether oxygens (including phenoxy) is 1. The van der Waals surface area contributed by atoms with Crippen molar-refractivity contribution in [2.45, 2.75) is 32.7 Å². The Balaban J connectivity index is 1.52. The summed E-state index contributed by atoms with van der Waals surface area (Å²) >= 11 is 1.65. The summed E-state index contributed by atoms with van der Waals surface area (Å²) in [6.07, 6.45) is 3.48. The number of carbonyl (C=O) groups is 2. The molecule has 1 aliphatic rings. The predicted octanol–water partition coefficient (Wildman–Crippen LogP) is 4.79. The van der Waals surface area contributed by atoms with Crippen LogP contribution in [0.4, 0.5) is 10.5 Å². The second-order valence-electron chi connectivity index (χ2n) is 7.16. The molecule has 0 radical (unpaired) electrons. The molecule has 3 aromatic rings. The molecule has 30 heavy (non-hydrogen) atoms. The third kappa shape index (κ3) is 3.95. The number of hydrogen-bond donors (Lipinski definition) is 1. The maximum absolute atomic E-state index is 12.9. The molecule has 8 heteroatoms. The molecule has 1 saturated heterocycles. The van der Waals surface area contributed by atoms with E-state index in [0.717, 1.165) is 25.1 Å². The van der Waals surface area contributed by atoms with E-state index in [-0.39, 0.29) is 18.0 Å². The summed E-state index contributed by atoms with van der Waals surface area (Å²) < 4.78 is 6.75. The number of nitrogens with one attached hydrogen (secondary N) is 1. The van der Waals surface area contributed by atoms with Crippen LogP contribution in [0.25, 0.3) is 5.69 Å². The zero-order valence-corrected chi connectivity index (χ0v) is 17.8. The molecule has 2 amide bonds. The number of urea groups is 1. The summed E-state index contributed by atoms with van der Waals surface area (Å²) in [5, 5.41) is 11.5. The van der Waals surface area contributed by atoms with E-state index in [4.69, 9.17) is 4.74 Å². The molecule has 2 aromatic heterocycles. The molecule has 1 aromatic carbocycles. The molecule has 156 valence electrons. The van der Waals surface area contributed by atoms with Crippen molar-refractivity contribution in [2.24, 2.45) is 0 Å². The highest BCUT2D eigenvalue weighted by Gasteiger charge is 2.30. The van der Waals surface area contributed by atoms with Gasteiger partial charge in [-0.05, 0) is 67.3 Å². The second-order valence-corrected chi connectivity index (χ2v) is 7.94. The van der Waals surface area contributed by atoms with Crippen LogP contribution in [0.2, 0.25) is 0 Å². The van der Waals surface area contributed by atoms with Crippen molar-refractivity contribution in [1.29, 1.82) is 0 Å². The van der Waals surface area contributed by atoms with Crippen LogP contribution in [0.3, 0.4) is 0 Å². The van der Waals surface area contributed by atoms with Crippen molar-refractivity contribution in [3.8, 4) is 5.69 Å². The average Bonchev–Trinajstić information content (AvgIpc) is 3.48. The highest BCUT2D eigenvalue weighted by atomic mass is 32.1. The molecule has 0 spiro atoms. The Kier molecular flexibility index (Phi) is 5.85. The standard InChI is InChI=1S/C22H24N4O3S/c1-3-29-21(27)19-13-23-26(15(19)2)18-7-4-6-17(12-18)24-22(28)25-10-5-8-20(25)16-9-11-30-14-16/h4,6-7,9,11-14,20H,3,5,8,10H2,1-2H3,(H,24,28)/t20-/m1/s1. The summed E-state index contributed by atoms with van der Waals surface area (Å²) in [4.78, 5) is 26.9. The molecule has 1 fully saturated rings. The van der Waals surface area contributed by atoms with Gasteiger partial charge in [0.2, 0.25) is 0 Å². The summed E-state index contributed by atoms with van der Waals surface area (Å²) in [5.41, 5.74) is 3.76. The number of hydrogen-bond acceptors (Lipinski definition) is 5. The van der Waals surface area contributed by atoms with Crippen LogP contribution in [0.1, 0.15) is 47.4 Å². The number of anilines is 1. The Labute approximate surface area is 179 Å². The normalized spacial score (nSPS) is 15.9. The fourth-order valence-electron chi connectivity index (χ4n) is 3.81. The molecular weight excluding hydrogens is 400 g/mol. The van der Waals surface area contributed by atoms with E-state index in [1.165, 1.54) is 11.8 Å². The van der Waals surface area contributed by atoms with Gasteiger partial charge in [-0.2, -0.15) is 16.4 Å². The van der Waals surface area contributed by atoms with Gasteiger partial charge in [-0.15, -0.1) is 0 Å². The molecular formula is C22H24N4O3S.